The fraction of sp³-hybridized carbons (Fsp3) is 0.739. The van der Waals surface area contributed by atoms with Gasteiger partial charge in [0, 0.05) is 6.61 Å². The van der Waals surface area contributed by atoms with E-state index in [-0.39, 0.29) is 0 Å². The lowest BCUT2D eigenvalue weighted by Crippen LogP contribution is -2.44. The molecule has 0 aromatic heterocycles. The van der Waals surface area contributed by atoms with E-state index in [0.29, 0.717) is 5.02 Å². The van der Waals surface area contributed by atoms with Gasteiger partial charge in [-0.3, -0.25) is 0 Å². The Hall–Kier alpha value is -0.513. The molecule has 0 radical (unpaired) electrons. The van der Waals surface area contributed by atoms with Crippen molar-refractivity contribution in [1.82, 2.24) is 0 Å². The van der Waals surface area contributed by atoms with Crippen molar-refractivity contribution < 1.29 is 8.85 Å². The van der Waals surface area contributed by atoms with E-state index in [0.717, 1.165) is 30.9 Å². The van der Waals surface area contributed by atoms with Gasteiger partial charge >= 0.3 is 8.56 Å². The first kappa shape index (κ1) is 24.5. The second kappa shape index (κ2) is 14.5. The summed E-state index contributed by atoms with van der Waals surface area (Å²) in [6.07, 6.45) is 13.4. The average molecular weight is 413 g/mol. The van der Waals surface area contributed by atoms with Crippen LogP contribution in [-0.2, 0) is 4.43 Å². The van der Waals surface area contributed by atoms with E-state index in [1.807, 2.05) is 18.2 Å². The van der Waals surface area contributed by atoms with E-state index in [9.17, 15) is 0 Å². The van der Waals surface area contributed by atoms with Crippen molar-refractivity contribution >= 4 is 20.2 Å². The molecule has 0 aliphatic rings. The lowest BCUT2D eigenvalue weighted by atomic mass is 10.1. The molecule has 156 valence electrons. The fourth-order valence-corrected chi connectivity index (χ4v) is 5.93. The third kappa shape index (κ3) is 10.0. The smallest absolute Gasteiger partial charge is 0.398 e. The molecule has 1 aromatic rings. The van der Waals surface area contributed by atoms with Crippen LogP contribution in [-0.4, -0.2) is 15.2 Å². The Balaban J connectivity index is 2.27. The van der Waals surface area contributed by atoms with E-state index < -0.39 is 8.56 Å². The topological polar surface area (TPSA) is 18.5 Å². The molecule has 0 aliphatic heterocycles. The van der Waals surface area contributed by atoms with E-state index in [4.69, 9.17) is 20.5 Å². The highest BCUT2D eigenvalue weighted by Crippen LogP contribution is 2.31. The number of aryl methyl sites for hydroxylation is 1. The molecule has 0 saturated carbocycles. The molecule has 0 atom stereocenters. The summed E-state index contributed by atoms with van der Waals surface area (Å²) >= 11 is 6.33. The van der Waals surface area contributed by atoms with Crippen molar-refractivity contribution in [2.75, 3.05) is 6.61 Å². The van der Waals surface area contributed by atoms with Crippen LogP contribution >= 0.6 is 11.6 Å². The zero-order chi connectivity index (χ0) is 20.0. The monoisotopic (exact) mass is 412 g/mol. The summed E-state index contributed by atoms with van der Waals surface area (Å²) in [5.74, 6) is 0.787. The van der Waals surface area contributed by atoms with Crippen LogP contribution in [0.5, 0.6) is 5.75 Å². The van der Waals surface area contributed by atoms with E-state index in [2.05, 4.69) is 27.7 Å². The number of hydrogen-bond acceptors (Lipinski definition) is 2. The molecule has 0 spiro atoms. The molecular formula is C23H41ClO2Si. The van der Waals surface area contributed by atoms with Gasteiger partial charge in [0.15, 0.2) is 0 Å². The molecule has 27 heavy (non-hydrogen) atoms. The highest BCUT2D eigenvalue weighted by molar-refractivity contribution is 6.68. The Morgan fingerprint density at radius 1 is 0.815 bits per heavy atom. The van der Waals surface area contributed by atoms with Crippen molar-refractivity contribution in [3.8, 4) is 5.75 Å². The van der Waals surface area contributed by atoms with Crippen molar-refractivity contribution in [2.24, 2.45) is 0 Å². The van der Waals surface area contributed by atoms with Crippen molar-refractivity contribution in [1.29, 1.82) is 0 Å². The van der Waals surface area contributed by atoms with Gasteiger partial charge in [-0.1, -0.05) is 96.2 Å². The first-order valence-electron chi connectivity index (χ1n) is 11.2. The maximum absolute atomic E-state index is 6.39. The SMILES string of the molecule is CCCCCCCCCCCCO[Si](CC)(CC)Oc1cc(C)ccc1Cl. The third-order valence-electron chi connectivity index (χ3n) is 5.32. The number of rotatable bonds is 16. The lowest BCUT2D eigenvalue weighted by molar-refractivity contribution is 0.230. The second-order valence-electron chi connectivity index (χ2n) is 7.68. The van der Waals surface area contributed by atoms with Crippen molar-refractivity contribution in [3.63, 3.8) is 0 Å². The van der Waals surface area contributed by atoms with Gasteiger partial charge in [0.2, 0.25) is 0 Å². The first-order chi connectivity index (χ1) is 13.1. The summed E-state index contributed by atoms with van der Waals surface area (Å²) in [5.41, 5.74) is 1.17. The quantitative estimate of drug-likeness (QED) is 0.200. The number of unbranched alkanes of at least 4 members (excludes halogenated alkanes) is 9. The van der Waals surface area contributed by atoms with Crippen LogP contribution in [0.4, 0.5) is 0 Å². The van der Waals surface area contributed by atoms with Gasteiger partial charge in [-0.25, -0.2) is 0 Å². The molecule has 0 unspecified atom stereocenters. The summed E-state index contributed by atoms with van der Waals surface area (Å²) in [6.45, 7) is 9.51. The first-order valence-corrected chi connectivity index (χ1v) is 13.8. The van der Waals surface area contributed by atoms with Crippen LogP contribution in [0, 0.1) is 6.92 Å². The minimum Gasteiger partial charge on any atom is -0.519 e. The van der Waals surface area contributed by atoms with Gasteiger partial charge < -0.3 is 8.85 Å². The molecule has 0 N–H and O–H groups in total. The predicted octanol–water partition coefficient (Wildman–Crippen LogP) is 8.45. The highest BCUT2D eigenvalue weighted by atomic mass is 35.5. The van der Waals surface area contributed by atoms with Crippen LogP contribution < -0.4 is 4.43 Å². The van der Waals surface area contributed by atoms with Crippen LogP contribution in [0.3, 0.4) is 0 Å². The maximum Gasteiger partial charge on any atom is 0.398 e. The van der Waals surface area contributed by atoms with Crippen LogP contribution in [0.25, 0.3) is 0 Å². The lowest BCUT2D eigenvalue weighted by Gasteiger charge is -2.30. The molecule has 0 saturated heterocycles. The molecule has 1 rings (SSSR count). The normalized spacial score (nSPS) is 11.7. The van der Waals surface area contributed by atoms with Crippen LogP contribution in [0.1, 0.15) is 90.5 Å². The molecule has 0 aliphatic carbocycles. The minimum absolute atomic E-state index is 0.682. The number of benzene rings is 1. The Morgan fingerprint density at radius 2 is 1.37 bits per heavy atom. The van der Waals surface area contributed by atoms with Gasteiger partial charge in [-0.05, 0) is 43.1 Å². The molecule has 2 nitrogen and oxygen atoms in total. The van der Waals surface area contributed by atoms with E-state index in [1.165, 1.54) is 63.4 Å². The van der Waals surface area contributed by atoms with E-state index in [1.54, 1.807) is 0 Å². The van der Waals surface area contributed by atoms with Gasteiger partial charge in [0.25, 0.3) is 0 Å². The molecule has 1 aromatic carbocycles. The summed E-state index contributed by atoms with van der Waals surface area (Å²) in [6, 6.07) is 7.86. The van der Waals surface area contributed by atoms with Crippen molar-refractivity contribution in [3.05, 3.63) is 28.8 Å². The average Bonchev–Trinajstić information content (AvgIpc) is 2.68. The Labute approximate surface area is 174 Å². The maximum atomic E-state index is 6.39. The molecular weight excluding hydrogens is 372 g/mol. The van der Waals surface area contributed by atoms with Gasteiger partial charge in [0.1, 0.15) is 5.75 Å². The molecule has 0 heterocycles. The Morgan fingerprint density at radius 3 is 1.93 bits per heavy atom. The van der Waals surface area contributed by atoms with Crippen LogP contribution in [0.15, 0.2) is 18.2 Å². The van der Waals surface area contributed by atoms with Gasteiger partial charge in [-0.15, -0.1) is 0 Å². The second-order valence-corrected chi connectivity index (χ2v) is 11.8. The largest absolute Gasteiger partial charge is 0.519 e. The number of hydrogen-bond donors (Lipinski definition) is 0. The summed E-state index contributed by atoms with van der Waals surface area (Å²) in [5, 5.41) is 0.682. The number of halogens is 1. The zero-order valence-corrected chi connectivity index (χ0v) is 19.9. The molecule has 0 fully saturated rings. The predicted molar refractivity (Wildman–Crippen MR) is 121 cm³/mol. The standard InChI is InChI=1S/C23H41ClO2Si/c1-5-8-9-10-11-12-13-14-15-16-19-25-27(6-2,7-3)26-23-20-21(4)17-18-22(23)24/h17-18,20H,5-16,19H2,1-4H3. The molecule has 4 heteroatoms. The van der Waals surface area contributed by atoms with Crippen LogP contribution in [0.2, 0.25) is 17.1 Å². The minimum atomic E-state index is -2.22. The van der Waals surface area contributed by atoms with Gasteiger partial charge in [0.05, 0.1) is 5.02 Å². The molecule has 0 bridgehead atoms. The highest BCUT2D eigenvalue weighted by Gasteiger charge is 2.36. The van der Waals surface area contributed by atoms with E-state index >= 15 is 0 Å². The summed E-state index contributed by atoms with van der Waals surface area (Å²) in [7, 11) is -2.22. The summed E-state index contributed by atoms with van der Waals surface area (Å²) in [4.78, 5) is 0. The summed E-state index contributed by atoms with van der Waals surface area (Å²) < 4.78 is 12.7. The fourth-order valence-electron chi connectivity index (χ4n) is 3.36. The third-order valence-corrected chi connectivity index (χ3v) is 9.11. The van der Waals surface area contributed by atoms with Gasteiger partial charge in [-0.2, -0.15) is 0 Å². The van der Waals surface area contributed by atoms with Crippen molar-refractivity contribution in [2.45, 2.75) is 104 Å². The zero-order valence-electron chi connectivity index (χ0n) is 18.1. The Bertz CT molecular complexity index is 503. The Kier molecular flexibility index (Phi) is 13.2. The molecule has 0 amide bonds.